The lowest BCUT2D eigenvalue weighted by molar-refractivity contribution is 0.0938. The Balaban J connectivity index is 1.80. The van der Waals surface area contributed by atoms with Gasteiger partial charge in [0.05, 0.1) is 6.04 Å². The van der Waals surface area contributed by atoms with Gasteiger partial charge in [-0.1, -0.05) is 60.7 Å². The number of H-pyrrole nitrogens is 1. The summed E-state index contributed by atoms with van der Waals surface area (Å²) in [6.45, 7) is 1.89. The zero-order valence-electron chi connectivity index (χ0n) is 13.3. The first-order valence-electron chi connectivity index (χ1n) is 7.79. The van der Waals surface area contributed by atoms with E-state index in [0.29, 0.717) is 5.69 Å². The van der Waals surface area contributed by atoms with Crippen molar-refractivity contribution in [3.8, 4) is 11.3 Å². The van der Waals surface area contributed by atoms with Crippen LogP contribution in [0.15, 0.2) is 77.6 Å². The van der Waals surface area contributed by atoms with Gasteiger partial charge in [-0.25, -0.2) is 0 Å². The molecule has 0 fully saturated rings. The number of aromatic amines is 1. The molecule has 0 saturated heterocycles. The third-order valence-electron chi connectivity index (χ3n) is 3.89. The summed E-state index contributed by atoms with van der Waals surface area (Å²) in [5.41, 5.74) is 2.29. The summed E-state index contributed by atoms with van der Waals surface area (Å²) in [7, 11) is 0. The fraction of sp³-hybridized carbons (Fsp3) is 0.100. The summed E-state index contributed by atoms with van der Waals surface area (Å²) >= 11 is 0. The molecule has 0 aliphatic carbocycles. The second kappa shape index (κ2) is 6.96. The van der Waals surface area contributed by atoms with E-state index in [9.17, 15) is 9.59 Å². The Morgan fingerprint density at radius 3 is 2.17 bits per heavy atom. The first kappa shape index (κ1) is 15.7. The first-order chi connectivity index (χ1) is 11.6. The van der Waals surface area contributed by atoms with Crippen molar-refractivity contribution < 1.29 is 4.79 Å². The fourth-order valence-electron chi connectivity index (χ4n) is 2.54. The van der Waals surface area contributed by atoms with Crippen molar-refractivity contribution in [3.05, 3.63) is 94.3 Å². The smallest absolute Gasteiger partial charge is 0.261 e. The maximum Gasteiger partial charge on any atom is 0.261 e. The third-order valence-corrected chi connectivity index (χ3v) is 3.89. The van der Waals surface area contributed by atoms with Crippen molar-refractivity contribution in [1.29, 1.82) is 0 Å². The van der Waals surface area contributed by atoms with Crippen LogP contribution in [0.4, 0.5) is 0 Å². The highest BCUT2D eigenvalue weighted by molar-refractivity contribution is 5.94. The molecule has 1 amide bonds. The monoisotopic (exact) mass is 318 g/mol. The fourth-order valence-corrected chi connectivity index (χ4v) is 2.54. The standard InChI is InChI=1S/C20H18N2O2/c1-14(15-8-4-2-5-9-15)21-19(23)17-12-13-18(22-20(17)24)16-10-6-3-7-11-16/h2-14H,1H3,(H,21,23)(H,22,24)/t14-/m1/s1. The average Bonchev–Trinajstić information content (AvgIpc) is 2.63. The second-order valence-electron chi connectivity index (χ2n) is 5.59. The van der Waals surface area contributed by atoms with Gasteiger partial charge in [0.2, 0.25) is 0 Å². The van der Waals surface area contributed by atoms with E-state index in [1.807, 2.05) is 67.6 Å². The molecule has 2 aromatic carbocycles. The van der Waals surface area contributed by atoms with Gasteiger partial charge in [0, 0.05) is 5.69 Å². The topological polar surface area (TPSA) is 62.0 Å². The predicted octanol–water partition coefficient (Wildman–Crippen LogP) is 3.53. The van der Waals surface area contributed by atoms with Crippen LogP contribution in [-0.4, -0.2) is 10.9 Å². The summed E-state index contributed by atoms with van der Waals surface area (Å²) in [5, 5.41) is 2.85. The molecule has 2 N–H and O–H groups in total. The van der Waals surface area contributed by atoms with Crippen molar-refractivity contribution in [1.82, 2.24) is 10.3 Å². The minimum absolute atomic E-state index is 0.109. The Kier molecular flexibility index (Phi) is 4.57. The van der Waals surface area contributed by atoms with Gasteiger partial charge < -0.3 is 10.3 Å². The van der Waals surface area contributed by atoms with Gasteiger partial charge in [0.25, 0.3) is 11.5 Å². The summed E-state index contributed by atoms with van der Waals surface area (Å²) < 4.78 is 0. The van der Waals surface area contributed by atoms with E-state index in [-0.39, 0.29) is 17.5 Å². The molecule has 0 saturated carbocycles. The van der Waals surface area contributed by atoms with Crippen LogP contribution in [0.2, 0.25) is 0 Å². The Bertz CT molecular complexity index is 886. The molecule has 24 heavy (non-hydrogen) atoms. The van der Waals surface area contributed by atoms with E-state index in [0.717, 1.165) is 11.1 Å². The van der Waals surface area contributed by atoms with Crippen molar-refractivity contribution in [2.75, 3.05) is 0 Å². The number of nitrogens with one attached hydrogen (secondary N) is 2. The number of rotatable bonds is 4. The molecule has 1 heterocycles. The summed E-state index contributed by atoms with van der Waals surface area (Å²) in [5.74, 6) is -0.382. The minimum atomic E-state index is -0.394. The molecule has 0 radical (unpaired) electrons. The average molecular weight is 318 g/mol. The number of hydrogen-bond acceptors (Lipinski definition) is 2. The highest BCUT2D eigenvalue weighted by Gasteiger charge is 2.14. The van der Waals surface area contributed by atoms with E-state index >= 15 is 0 Å². The predicted molar refractivity (Wildman–Crippen MR) is 94.8 cm³/mol. The lowest BCUT2D eigenvalue weighted by atomic mass is 10.1. The molecule has 120 valence electrons. The highest BCUT2D eigenvalue weighted by Crippen LogP contribution is 2.15. The molecular weight excluding hydrogens is 300 g/mol. The zero-order chi connectivity index (χ0) is 16.9. The lowest BCUT2D eigenvalue weighted by Crippen LogP contribution is -2.31. The maximum atomic E-state index is 12.4. The van der Waals surface area contributed by atoms with Gasteiger partial charge >= 0.3 is 0 Å². The molecule has 3 aromatic rings. The number of carbonyl (C=O) groups is 1. The number of carbonyl (C=O) groups excluding carboxylic acids is 1. The molecule has 3 rings (SSSR count). The number of aromatic nitrogens is 1. The molecule has 0 bridgehead atoms. The van der Waals surface area contributed by atoms with Gasteiger partial charge in [-0.05, 0) is 30.2 Å². The van der Waals surface area contributed by atoms with Crippen LogP contribution in [0.1, 0.15) is 28.9 Å². The van der Waals surface area contributed by atoms with E-state index < -0.39 is 5.56 Å². The van der Waals surface area contributed by atoms with Crippen molar-refractivity contribution in [2.45, 2.75) is 13.0 Å². The van der Waals surface area contributed by atoms with Crippen molar-refractivity contribution in [3.63, 3.8) is 0 Å². The summed E-state index contributed by atoms with van der Waals surface area (Å²) in [6, 6.07) is 22.3. The molecular formula is C20H18N2O2. The Morgan fingerprint density at radius 2 is 1.54 bits per heavy atom. The molecule has 4 nitrogen and oxygen atoms in total. The maximum absolute atomic E-state index is 12.4. The van der Waals surface area contributed by atoms with Crippen LogP contribution >= 0.6 is 0 Å². The largest absolute Gasteiger partial charge is 0.345 e. The van der Waals surface area contributed by atoms with Crippen LogP contribution in [0.25, 0.3) is 11.3 Å². The molecule has 0 aliphatic heterocycles. The minimum Gasteiger partial charge on any atom is -0.345 e. The normalized spacial score (nSPS) is 11.7. The quantitative estimate of drug-likeness (QED) is 0.773. The third kappa shape index (κ3) is 3.43. The zero-order valence-corrected chi connectivity index (χ0v) is 13.3. The van der Waals surface area contributed by atoms with Crippen molar-refractivity contribution >= 4 is 5.91 Å². The van der Waals surface area contributed by atoms with Gasteiger partial charge in [-0.15, -0.1) is 0 Å². The SMILES string of the molecule is C[C@@H](NC(=O)c1ccc(-c2ccccc2)[nH]c1=O)c1ccccc1. The van der Waals surface area contributed by atoms with Gasteiger partial charge in [0.1, 0.15) is 5.56 Å². The molecule has 1 aromatic heterocycles. The summed E-state index contributed by atoms with van der Waals surface area (Å²) in [4.78, 5) is 27.4. The van der Waals surface area contributed by atoms with E-state index in [1.165, 1.54) is 0 Å². The lowest BCUT2D eigenvalue weighted by Gasteiger charge is -2.14. The Labute approximate surface area is 140 Å². The molecule has 0 unspecified atom stereocenters. The van der Waals surface area contributed by atoms with E-state index in [4.69, 9.17) is 0 Å². The molecule has 1 atom stereocenters. The highest BCUT2D eigenvalue weighted by atomic mass is 16.2. The first-order valence-corrected chi connectivity index (χ1v) is 7.79. The number of pyridine rings is 1. The molecule has 4 heteroatoms. The van der Waals surface area contributed by atoms with Gasteiger partial charge in [-0.2, -0.15) is 0 Å². The molecule has 0 spiro atoms. The summed E-state index contributed by atoms with van der Waals surface area (Å²) in [6.07, 6.45) is 0. The van der Waals surface area contributed by atoms with Crippen LogP contribution < -0.4 is 10.9 Å². The van der Waals surface area contributed by atoms with Crippen LogP contribution in [-0.2, 0) is 0 Å². The van der Waals surface area contributed by atoms with E-state index in [1.54, 1.807) is 12.1 Å². The molecule has 0 aliphatic rings. The van der Waals surface area contributed by atoms with Crippen molar-refractivity contribution in [2.24, 2.45) is 0 Å². The Hall–Kier alpha value is -3.14. The Morgan fingerprint density at radius 1 is 0.917 bits per heavy atom. The van der Waals surface area contributed by atoms with Crippen LogP contribution in [0.3, 0.4) is 0 Å². The van der Waals surface area contributed by atoms with Crippen LogP contribution in [0, 0.1) is 0 Å². The number of amides is 1. The number of hydrogen-bond donors (Lipinski definition) is 2. The van der Waals surface area contributed by atoms with E-state index in [2.05, 4.69) is 10.3 Å². The number of benzene rings is 2. The van der Waals surface area contributed by atoms with Crippen LogP contribution in [0.5, 0.6) is 0 Å². The second-order valence-corrected chi connectivity index (χ2v) is 5.59. The van der Waals surface area contributed by atoms with Gasteiger partial charge in [-0.3, -0.25) is 9.59 Å². The van der Waals surface area contributed by atoms with Gasteiger partial charge in [0.15, 0.2) is 0 Å².